The highest BCUT2D eigenvalue weighted by Gasteiger charge is 2.24. The van der Waals surface area contributed by atoms with Gasteiger partial charge in [-0.25, -0.2) is 0 Å². The molecule has 1 saturated heterocycles. The molecule has 0 aromatic heterocycles. The van der Waals surface area contributed by atoms with Crippen molar-refractivity contribution >= 4 is 11.8 Å². The molecule has 1 aliphatic rings. The van der Waals surface area contributed by atoms with Crippen molar-refractivity contribution in [1.29, 1.82) is 0 Å². The molecule has 0 saturated carbocycles. The number of nitrogens with zero attached hydrogens (tertiary/aromatic N) is 1. The number of piperidine rings is 1. The zero-order valence-corrected chi connectivity index (χ0v) is 16.2. The van der Waals surface area contributed by atoms with Gasteiger partial charge in [-0.2, -0.15) is 0 Å². The van der Waals surface area contributed by atoms with E-state index in [9.17, 15) is 9.59 Å². The molecule has 2 aromatic carbocycles. The van der Waals surface area contributed by atoms with E-state index in [1.165, 1.54) is 11.1 Å². The SMILES string of the molecule is Cc1ccc(C(=O)NC2CCN(C(=O)CCc3ccccc3)CC2)cc1C. The van der Waals surface area contributed by atoms with Crippen LogP contribution in [0.2, 0.25) is 0 Å². The number of likely N-dealkylation sites (tertiary alicyclic amines) is 1. The molecular formula is C23H28N2O2. The van der Waals surface area contributed by atoms with Crippen LogP contribution in [-0.2, 0) is 11.2 Å². The maximum Gasteiger partial charge on any atom is 0.251 e. The van der Waals surface area contributed by atoms with E-state index in [-0.39, 0.29) is 17.9 Å². The van der Waals surface area contributed by atoms with E-state index < -0.39 is 0 Å². The van der Waals surface area contributed by atoms with Crippen molar-refractivity contribution in [2.24, 2.45) is 0 Å². The highest BCUT2D eigenvalue weighted by molar-refractivity contribution is 5.94. The lowest BCUT2D eigenvalue weighted by Gasteiger charge is -2.32. The minimum Gasteiger partial charge on any atom is -0.349 e. The summed E-state index contributed by atoms with van der Waals surface area (Å²) in [6.45, 7) is 5.49. The van der Waals surface area contributed by atoms with Crippen LogP contribution in [0.5, 0.6) is 0 Å². The summed E-state index contributed by atoms with van der Waals surface area (Å²) < 4.78 is 0. The van der Waals surface area contributed by atoms with Crippen molar-refractivity contribution < 1.29 is 9.59 Å². The largest absolute Gasteiger partial charge is 0.349 e. The van der Waals surface area contributed by atoms with E-state index >= 15 is 0 Å². The van der Waals surface area contributed by atoms with Gasteiger partial charge in [-0.3, -0.25) is 9.59 Å². The molecule has 142 valence electrons. The van der Waals surface area contributed by atoms with Gasteiger partial charge >= 0.3 is 0 Å². The van der Waals surface area contributed by atoms with Gasteiger partial charge in [0.25, 0.3) is 5.91 Å². The third-order valence-corrected chi connectivity index (χ3v) is 5.42. The third-order valence-electron chi connectivity index (χ3n) is 5.42. The van der Waals surface area contributed by atoms with Crippen molar-refractivity contribution in [3.8, 4) is 0 Å². The predicted molar refractivity (Wildman–Crippen MR) is 108 cm³/mol. The summed E-state index contributed by atoms with van der Waals surface area (Å²) in [7, 11) is 0. The molecule has 4 heteroatoms. The van der Waals surface area contributed by atoms with Crippen molar-refractivity contribution in [3.63, 3.8) is 0 Å². The Balaban J connectivity index is 1.44. The lowest BCUT2D eigenvalue weighted by atomic mass is 10.0. The summed E-state index contributed by atoms with van der Waals surface area (Å²) in [6, 6.07) is 16.0. The van der Waals surface area contributed by atoms with Crippen LogP contribution in [0.3, 0.4) is 0 Å². The Morgan fingerprint density at radius 3 is 2.37 bits per heavy atom. The van der Waals surface area contributed by atoms with E-state index in [4.69, 9.17) is 0 Å². The second-order valence-electron chi connectivity index (χ2n) is 7.41. The van der Waals surface area contributed by atoms with Gasteiger partial charge in [0.2, 0.25) is 5.91 Å². The van der Waals surface area contributed by atoms with Crippen LogP contribution in [-0.4, -0.2) is 35.8 Å². The molecule has 1 aliphatic heterocycles. The number of nitrogens with one attached hydrogen (secondary N) is 1. The Labute approximate surface area is 161 Å². The summed E-state index contributed by atoms with van der Waals surface area (Å²) in [4.78, 5) is 26.8. The first kappa shape index (κ1) is 19.2. The van der Waals surface area contributed by atoms with Gasteiger partial charge < -0.3 is 10.2 Å². The molecule has 1 N–H and O–H groups in total. The Morgan fingerprint density at radius 1 is 1.00 bits per heavy atom. The quantitative estimate of drug-likeness (QED) is 0.880. The molecule has 0 atom stereocenters. The lowest BCUT2D eigenvalue weighted by Crippen LogP contribution is -2.46. The molecular weight excluding hydrogens is 336 g/mol. The van der Waals surface area contributed by atoms with Crippen molar-refractivity contribution in [1.82, 2.24) is 10.2 Å². The number of hydrogen-bond acceptors (Lipinski definition) is 2. The van der Waals surface area contributed by atoms with Crippen LogP contribution in [0.15, 0.2) is 48.5 Å². The maximum absolute atomic E-state index is 12.5. The number of carbonyl (C=O) groups is 2. The molecule has 1 fully saturated rings. The van der Waals surface area contributed by atoms with Gasteiger partial charge in [0, 0.05) is 31.1 Å². The predicted octanol–water partition coefficient (Wildman–Crippen LogP) is 3.66. The highest BCUT2D eigenvalue weighted by Crippen LogP contribution is 2.15. The first-order chi connectivity index (χ1) is 13.0. The number of benzene rings is 2. The number of hydrogen-bond donors (Lipinski definition) is 1. The van der Waals surface area contributed by atoms with Crippen LogP contribution in [0.1, 0.15) is 46.3 Å². The Bertz CT molecular complexity index is 793. The molecule has 0 radical (unpaired) electrons. The summed E-state index contributed by atoms with van der Waals surface area (Å²) in [6.07, 6.45) is 2.95. The lowest BCUT2D eigenvalue weighted by molar-refractivity contribution is -0.132. The van der Waals surface area contributed by atoms with Gasteiger partial charge in [0.05, 0.1) is 0 Å². The zero-order chi connectivity index (χ0) is 19.2. The average Bonchev–Trinajstić information content (AvgIpc) is 2.69. The van der Waals surface area contributed by atoms with Gasteiger partial charge in [0.15, 0.2) is 0 Å². The fourth-order valence-corrected chi connectivity index (χ4v) is 3.48. The Kier molecular flexibility index (Phi) is 6.28. The zero-order valence-electron chi connectivity index (χ0n) is 16.2. The van der Waals surface area contributed by atoms with Crippen LogP contribution in [0.25, 0.3) is 0 Å². The molecule has 0 aliphatic carbocycles. The molecule has 1 heterocycles. The molecule has 0 spiro atoms. The normalized spacial score (nSPS) is 14.8. The second kappa shape index (κ2) is 8.85. The van der Waals surface area contributed by atoms with Gasteiger partial charge in [0.1, 0.15) is 0 Å². The van der Waals surface area contributed by atoms with Gasteiger partial charge in [-0.15, -0.1) is 0 Å². The monoisotopic (exact) mass is 364 g/mol. The molecule has 2 aromatic rings. The second-order valence-corrected chi connectivity index (χ2v) is 7.41. The summed E-state index contributed by atoms with van der Waals surface area (Å²) in [5.74, 6) is 0.185. The summed E-state index contributed by atoms with van der Waals surface area (Å²) in [5.41, 5.74) is 4.22. The summed E-state index contributed by atoms with van der Waals surface area (Å²) >= 11 is 0. The molecule has 0 bridgehead atoms. The maximum atomic E-state index is 12.5. The highest BCUT2D eigenvalue weighted by atomic mass is 16.2. The third kappa shape index (κ3) is 5.19. The van der Waals surface area contributed by atoms with E-state index in [1.807, 2.05) is 55.1 Å². The molecule has 0 unspecified atom stereocenters. The summed E-state index contributed by atoms with van der Waals surface area (Å²) in [5, 5.41) is 3.12. The van der Waals surface area contributed by atoms with Crippen LogP contribution in [0, 0.1) is 13.8 Å². The molecule has 2 amide bonds. The van der Waals surface area contributed by atoms with Gasteiger partial charge in [-0.05, 0) is 61.9 Å². The molecule has 3 rings (SSSR count). The first-order valence-corrected chi connectivity index (χ1v) is 9.73. The average molecular weight is 364 g/mol. The Morgan fingerprint density at radius 2 is 1.70 bits per heavy atom. The minimum absolute atomic E-state index is 0.0213. The number of amides is 2. The number of aryl methyl sites for hydroxylation is 3. The van der Waals surface area contributed by atoms with Crippen LogP contribution in [0.4, 0.5) is 0 Å². The fraction of sp³-hybridized carbons (Fsp3) is 0.391. The number of rotatable bonds is 5. The Hall–Kier alpha value is -2.62. The minimum atomic E-state index is -0.0213. The van der Waals surface area contributed by atoms with Gasteiger partial charge in [-0.1, -0.05) is 36.4 Å². The van der Waals surface area contributed by atoms with E-state index in [1.54, 1.807) is 0 Å². The number of carbonyl (C=O) groups excluding carboxylic acids is 2. The van der Waals surface area contributed by atoms with Crippen LogP contribution >= 0.6 is 0 Å². The van der Waals surface area contributed by atoms with Crippen LogP contribution < -0.4 is 5.32 Å². The van der Waals surface area contributed by atoms with Crippen molar-refractivity contribution in [3.05, 3.63) is 70.8 Å². The standard InChI is InChI=1S/C23H28N2O2/c1-17-8-10-20(16-18(17)2)23(27)24-21-12-14-25(15-13-21)22(26)11-9-19-6-4-3-5-7-19/h3-8,10,16,21H,9,11-15H2,1-2H3,(H,24,27). The van der Waals surface area contributed by atoms with Crippen molar-refractivity contribution in [2.45, 2.75) is 45.6 Å². The van der Waals surface area contributed by atoms with E-state index in [0.717, 1.165) is 24.8 Å². The smallest absolute Gasteiger partial charge is 0.251 e. The van der Waals surface area contributed by atoms with E-state index in [2.05, 4.69) is 17.4 Å². The fourth-order valence-electron chi connectivity index (χ4n) is 3.48. The first-order valence-electron chi connectivity index (χ1n) is 9.73. The molecule has 4 nitrogen and oxygen atoms in total. The van der Waals surface area contributed by atoms with E-state index in [0.29, 0.717) is 25.1 Å². The van der Waals surface area contributed by atoms with Crippen molar-refractivity contribution in [2.75, 3.05) is 13.1 Å². The molecule has 27 heavy (non-hydrogen) atoms. The topological polar surface area (TPSA) is 49.4 Å².